The first-order valence-corrected chi connectivity index (χ1v) is 7.23. The van der Waals surface area contributed by atoms with E-state index < -0.39 is 10.0 Å². The van der Waals surface area contributed by atoms with Gasteiger partial charge < -0.3 is 0 Å². The molecule has 17 heavy (non-hydrogen) atoms. The zero-order chi connectivity index (χ0) is 13.1. The van der Waals surface area contributed by atoms with Crippen molar-refractivity contribution in [3.05, 3.63) is 28.7 Å². The number of rotatable bonds is 4. The largest absolute Gasteiger partial charge is 0.243 e. The Bertz CT molecular complexity index is 519. The molecule has 0 bridgehead atoms. The van der Waals surface area contributed by atoms with E-state index >= 15 is 0 Å². The van der Waals surface area contributed by atoms with Crippen LogP contribution < -0.4 is 0 Å². The van der Waals surface area contributed by atoms with E-state index in [1.165, 1.54) is 23.5 Å². The van der Waals surface area contributed by atoms with Gasteiger partial charge in [0, 0.05) is 17.6 Å². The van der Waals surface area contributed by atoms with Crippen LogP contribution in [-0.4, -0.2) is 25.8 Å². The van der Waals surface area contributed by atoms with Crippen LogP contribution in [0.2, 0.25) is 0 Å². The van der Waals surface area contributed by atoms with Crippen LogP contribution in [0.1, 0.15) is 13.3 Å². The summed E-state index contributed by atoms with van der Waals surface area (Å²) in [6.45, 7) is 1.71. The van der Waals surface area contributed by atoms with Crippen molar-refractivity contribution in [2.24, 2.45) is 0 Å². The standard InChI is InChI=1S/C11H13BrN2O2S/c1-9(7-8-13)14(2)17(15,16)11-5-3-10(12)4-6-11/h3-6,9H,7H2,1-2H3. The van der Waals surface area contributed by atoms with Gasteiger partial charge in [-0.15, -0.1) is 0 Å². The molecule has 0 spiro atoms. The first-order chi connectivity index (χ1) is 7.89. The Morgan fingerprint density at radius 2 is 1.94 bits per heavy atom. The molecule has 1 unspecified atom stereocenters. The van der Waals surface area contributed by atoms with Crippen LogP contribution in [0, 0.1) is 11.3 Å². The molecule has 0 fully saturated rings. The lowest BCUT2D eigenvalue weighted by atomic mass is 10.3. The number of hydrogen-bond donors (Lipinski definition) is 0. The molecule has 0 aliphatic heterocycles. The summed E-state index contributed by atoms with van der Waals surface area (Å²) < 4.78 is 26.4. The van der Waals surface area contributed by atoms with Gasteiger partial charge in [-0.25, -0.2) is 8.42 Å². The van der Waals surface area contributed by atoms with Gasteiger partial charge >= 0.3 is 0 Å². The summed E-state index contributed by atoms with van der Waals surface area (Å²) in [7, 11) is -2.03. The number of nitrogens with zero attached hydrogens (tertiary/aromatic N) is 2. The van der Waals surface area contributed by atoms with Crippen molar-refractivity contribution in [3.8, 4) is 6.07 Å². The van der Waals surface area contributed by atoms with Crippen molar-refractivity contribution in [2.75, 3.05) is 7.05 Å². The molecule has 0 saturated carbocycles. The fourth-order valence-corrected chi connectivity index (χ4v) is 2.90. The number of halogens is 1. The van der Waals surface area contributed by atoms with Crippen LogP contribution >= 0.6 is 15.9 Å². The normalized spacial score (nSPS) is 13.4. The maximum atomic E-state index is 12.2. The fourth-order valence-electron chi connectivity index (χ4n) is 1.27. The topological polar surface area (TPSA) is 61.2 Å². The monoisotopic (exact) mass is 316 g/mol. The van der Waals surface area contributed by atoms with Crippen LogP contribution in [0.25, 0.3) is 0 Å². The highest BCUT2D eigenvalue weighted by atomic mass is 79.9. The summed E-state index contributed by atoms with van der Waals surface area (Å²) in [6, 6.07) is 8.05. The van der Waals surface area contributed by atoms with Gasteiger partial charge in [0.1, 0.15) is 0 Å². The van der Waals surface area contributed by atoms with E-state index in [4.69, 9.17) is 5.26 Å². The average Bonchev–Trinajstić information content (AvgIpc) is 2.29. The summed E-state index contributed by atoms with van der Waals surface area (Å²) in [6.07, 6.45) is 0.173. The number of sulfonamides is 1. The molecule has 0 saturated heterocycles. The predicted octanol–water partition coefficient (Wildman–Crippen LogP) is 2.37. The van der Waals surface area contributed by atoms with Gasteiger partial charge in [-0.1, -0.05) is 15.9 Å². The van der Waals surface area contributed by atoms with Gasteiger partial charge in [0.25, 0.3) is 0 Å². The van der Waals surface area contributed by atoms with Gasteiger partial charge in [-0.2, -0.15) is 9.57 Å². The van der Waals surface area contributed by atoms with Crippen molar-refractivity contribution < 1.29 is 8.42 Å². The van der Waals surface area contributed by atoms with Crippen molar-refractivity contribution in [3.63, 3.8) is 0 Å². The first kappa shape index (κ1) is 14.2. The third-order valence-electron chi connectivity index (χ3n) is 2.50. The van der Waals surface area contributed by atoms with Gasteiger partial charge in [0.2, 0.25) is 10.0 Å². The van der Waals surface area contributed by atoms with E-state index in [0.717, 1.165) is 4.47 Å². The maximum Gasteiger partial charge on any atom is 0.243 e. The van der Waals surface area contributed by atoms with Crippen molar-refractivity contribution in [1.29, 1.82) is 5.26 Å². The zero-order valence-corrected chi connectivity index (χ0v) is 12.0. The van der Waals surface area contributed by atoms with Crippen LogP contribution in [0.3, 0.4) is 0 Å². The van der Waals surface area contributed by atoms with Gasteiger partial charge in [-0.05, 0) is 31.2 Å². The van der Waals surface area contributed by atoms with Crippen molar-refractivity contribution in [1.82, 2.24) is 4.31 Å². The Morgan fingerprint density at radius 1 is 1.41 bits per heavy atom. The first-order valence-electron chi connectivity index (χ1n) is 5.00. The minimum Gasteiger partial charge on any atom is -0.207 e. The van der Waals surface area contributed by atoms with E-state index in [2.05, 4.69) is 15.9 Å². The molecule has 0 N–H and O–H groups in total. The van der Waals surface area contributed by atoms with Crippen LogP contribution in [0.15, 0.2) is 33.6 Å². The van der Waals surface area contributed by atoms with Crippen LogP contribution in [-0.2, 0) is 10.0 Å². The zero-order valence-electron chi connectivity index (χ0n) is 9.59. The molecule has 0 radical (unpaired) electrons. The molecule has 4 nitrogen and oxygen atoms in total. The van der Waals surface area contributed by atoms with E-state index in [9.17, 15) is 8.42 Å². The highest BCUT2D eigenvalue weighted by Crippen LogP contribution is 2.19. The second kappa shape index (κ2) is 5.63. The molecular weight excluding hydrogens is 304 g/mol. The number of nitriles is 1. The Hall–Kier alpha value is -0.900. The number of hydrogen-bond acceptors (Lipinski definition) is 3. The third-order valence-corrected chi connectivity index (χ3v) is 5.01. The lowest BCUT2D eigenvalue weighted by molar-refractivity contribution is 0.393. The SMILES string of the molecule is CC(CC#N)N(C)S(=O)(=O)c1ccc(Br)cc1. The van der Waals surface area contributed by atoms with E-state index in [-0.39, 0.29) is 17.4 Å². The van der Waals surface area contributed by atoms with E-state index in [1.807, 2.05) is 6.07 Å². The second-order valence-electron chi connectivity index (χ2n) is 3.69. The average molecular weight is 317 g/mol. The molecule has 0 aromatic heterocycles. The molecule has 0 aliphatic rings. The summed E-state index contributed by atoms with van der Waals surface area (Å²) in [5.41, 5.74) is 0. The quantitative estimate of drug-likeness (QED) is 0.856. The molecule has 1 aromatic rings. The highest BCUT2D eigenvalue weighted by molar-refractivity contribution is 9.10. The minimum atomic E-state index is -3.52. The van der Waals surface area contributed by atoms with Crippen molar-refractivity contribution in [2.45, 2.75) is 24.3 Å². The molecule has 0 heterocycles. The summed E-state index contributed by atoms with van der Waals surface area (Å²) in [4.78, 5) is 0.230. The molecule has 0 amide bonds. The Labute approximate surface area is 110 Å². The lowest BCUT2D eigenvalue weighted by Gasteiger charge is -2.22. The summed E-state index contributed by atoms with van der Waals surface area (Å²) in [5.74, 6) is 0. The minimum absolute atomic E-state index is 0.173. The molecule has 0 aliphatic carbocycles. The Morgan fingerprint density at radius 3 is 2.41 bits per heavy atom. The Kier molecular flexibility index (Phi) is 4.69. The molecule has 6 heteroatoms. The lowest BCUT2D eigenvalue weighted by Crippen LogP contribution is -2.34. The van der Waals surface area contributed by atoms with E-state index in [1.54, 1.807) is 19.1 Å². The molecular formula is C11H13BrN2O2S. The predicted molar refractivity (Wildman–Crippen MR) is 68.8 cm³/mol. The summed E-state index contributed by atoms with van der Waals surface area (Å²) in [5, 5.41) is 8.58. The van der Waals surface area contributed by atoms with Crippen molar-refractivity contribution >= 4 is 26.0 Å². The van der Waals surface area contributed by atoms with E-state index in [0.29, 0.717) is 0 Å². The molecule has 92 valence electrons. The third kappa shape index (κ3) is 3.28. The highest BCUT2D eigenvalue weighted by Gasteiger charge is 2.24. The second-order valence-corrected chi connectivity index (χ2v) is 6.60. The maximum absolute atomic E-state index is 12.2. The van der Waals surface area contributed by atoms with Crippen LogP contribution in [0.5, 0.6) is 0 Å². The summed E-state index contributed by atoms with van der Waals surface area (Å²) >= 11 is 3.25. The fraction of sp³-hybridized carbons (Fsp3) is 0.364. The Balaban J connectivity index is 3.03. The molecule has 1 aromatic carbocycles. The van der Waals surface area contributed by atoms with Crippen LogP contribution in [0.4, 0.5) is 0 Å². The molecule has 1 rings (SSSR count). The van der Waals surface area contributed by atoms with Gasteiger partial charge in [-0.3, -0.25) is 0 Å². The molecule has 1 atom stereocenters. The van der Waals surface area contributed by atoms with Gasteiger partial charge in [0.05, 0.1) is 17.4 Å². The smallest absolute Gasteiger partial charge is 0.207 e. The van der Waals surface area contributed by atoms with Gasteiger partial charge in [0.15, 0.2) is 0 Å². The number of benzene rings is 1.